The number of nitrogens with zero attached hydrogens (tertiary/aromatic N) is 2. The van der Waals surface area contributed by atoms with E-state index < -0.39 is 7.12 Å². The summed E-state index contributed by atoms with van der Waals surface area (Å²) in [6.45, 7) is 0. The van der Waals surface area contributed by atoms with Crippen LogP contribution in [0.15, 0.2) is 203 Å². The van der Waals surface area contributed by atoms with E-state index in [1.807, 2.05) is 60.7 Å². The van der Waals surface area contributed by atoms with Gasteiger partial charge in [0.2, 0.25) is 0 Å². The molecule has 0 saturated carbocycles. The Morgan fingerprint density at radius 1 is 0.393 bits per heavy atom. The Morgan fingerprint density at radius 3 is 1.12 bits per heavy atom. The molecular weight excluding hydrogens is 934 g/mol. The summed E-state index contributed by atoms with van der Waals surface area (Å²) in [7, 11) is -1.44. The SMILES string of the molecule is Brc1ccccc1-c1ccc(-n2c3ccccc3c3ccccc32)cc1.Brc1ccccc1I.OB(O)c1ccc(-n2c3ccccc3c3ccccc32)cc1. The lowest BCUT2D eigenvalue weighted by atomic mass is 9.80. The number of halogens is 3. The van der Waals surface area contributed by atoms with Gasteiger partial charge >= 0.3 is 7.12 Å². The van der Waals surface area contributed by atoms with Crippen LogP contribution >= 0.6 is 54.5 Å². The topological polar surface area (TPSA) is 50.3 Å². The van der Waals surface area contributed by atoms with Gasteiger partial charge in [-0.3, -0.25) is 0 Å². The van der Waals surface area contributed by atoms with Gasteiger partial charge in [-0.15, -0.1) is 0 Å². The lowest BCUT2D eigenvalue weighted by molar-refractivity contribution is 0.426. The van der Waals surface area contributed by atoms with Gasteiger partial charge in [-0.25, -0.2) is 0 Å². The largest absolute Gasteiger partial charge is 0.488 e. The maximum absolute atomic E-state index is 9.24. The van der Waals surface area contributed by atoms with Crippen molar-refractivity contribution in [3.05, 3.63) is 207 Å². The second-order valence-electron chi connectivity index (χ2n) is 13.1. The summed E-state index contributed by atoms with van der Waals surface area (Å²) in [4.78, 5) is 0. The molecule has 0 saturated heterocycles. The Hall–Kier alpha value is -4.97. The molecule has 2 aromatic heterocycles. The minimum Gasteiger partial charge on any atom is -0.423 e. The molecular formula is C48H34BBr2IN2O2. The summed E-state index contributed by atoms with van der Waals surface area (Å²) in [5.74, 6) is 0. The molecule has 10 rings (SSSR count). The summed E-state index contributed by atoms with van der Waals surface area (Å²) in [6.07, 6.45) is 0. The van der Waals surface area contributed by atoms with E-state index in [1.165, 1.54) is 57.4 Å². The monoisotopic (exact) mass is 966 g/mol. The van der Waals surface area contributed by atoms with E-state index in [4.69, 9.17) is 0 Å². The lowest BCUT2D eigenvalue weighted by Gasteiger charge is -2.10. The normalized spacial score (nSPS) is 10.9. The molecule has 0 amide bonds. The Bertz CT molecular complexity index is 2810. The van der Waals surface area contributed by atoms with E-state index in [1.54, 1.807) is 12.1 Å². The van der Waals surface area contributed by atoms with Gasteiger partial charge < -0.3 is 19.2 Å². The van der Waals surface area contributed by atoms with Crippen molar-refractivity contribution < 1.29 is 10.0 Å². The summed E-state index contributed by atoms with van der Waals surface area (Å²) >= 11 is 9.32. The third-order valence-electron chi connectivity index (χ3n) is 9.74. The van der Waals surface area contributed by atoms with Gasteiger partial charge in [0.05, 0.1) is 22.1 Å². The Labute approximate surface area is 356 Å². The zero-order valence-electron chi connectivity index (χ0n) is 30.0. The average molecular weight is 968 g/mol. The number of benzene rings is 8. The van der Waals surface area contributed by atoms with Crippen molar-refractivity contribution in [2.24, 2.45) is 0 Å². The summed E-state index contributed by atoms with van der Waals surface area (Å²) in [6, 6.07) is 66.3. The summed E-state index contributed by atoms with van der Waals surface area (Å²) < 4.78 is 8.07. The highest BCUT2D eigenvalue weighted by molar-refractivity contribution is 14.1. The Kier molecular flexibility index (Phi) is 11.5. The van der Waals surface area contributed by atoms with Crippen LogP contribution in [0, 0.1) is 3.57 Å². The zero-order chi connectivity index (χ0) is 38.6. The number of fused-ring (bicyclic) bond motifs is 6. The molecule has 0 aliphatic heterocycles. The van der Waals surface area contributed by atoms with E-state index in [9.17, 15) is 10.0 Å². The van der Waals surface area contributed by atoms with Crippen LogP contribution < -0.4 is 5.46 Å². The van der Waals surface area contributed by atoms with Gasteiger partial charge in [-0.05, 0) is 122 Å². The van der Waals surface area contributed by atoms with Crippen LogP contribution in [-0.2, 0) is 0 Å². The molecule has 0 bridgehead atoms. The first kappa shape index (κ1) is 37.9. The van der Waals surface area contributed by atoms with Crippen LogP contribution in [0.25, 0.3) is 66.1 Å². The van der Waals surface area contributed by atoms with Gasteiger partial charge in [-0.1, -0.05) is 143 Å². The van der Waals surface area contributed by atoms with E-state index in [2.05, 4.69) is 185 Å². The molecule has 272 valence electrons. The summed E-state index contributed by atoms with van der Waals surface area (Å²) in [5, 5.41) is 23.5. The molecule has 10 aromatic rings. The standard InChI is InChI=1S/C24H16BrN.C18H14BNO2.C6H4BrI/c25-22-10-4-1-7-19(22)17-13-15-18(16-14-17)26-23-11-5-2-8-20(23)21-9-3-6-12-24(21)26;21-19(22)13-9-11-14(12-10-13)20-17-7-3-1-5-15(17)16-6-2-4-8-18(16)20;7-5-3-1-2-4-6(5)8/h1-16H;1-12,21-22H;1-4H. The highest BCUT2D eigenvalue weighted by Gasteiger charge is 2.14. The van der Waals surface area contributed by atoms with Crippen molar-refractivity contribution in [3.8, 4) is 22.5 Å². The molecule has 2 N–H and O–H groups in total. The van der Waals surface area contributed by atoms with Crippen molar-refractivity contribution in [2.75, 3.05) is 0 Å². The molecule has 0 fully saturated rings. The van der Waals surface area contributed by atoms with Gasteiger partial charge in [-0.2, -0.15) is 0 Å². The first-order valence-electron chi connectivity index (χ1n) is 18.1. The molecule has 56 heavy (non-hydrogen) atoms. The molecule has 0 radical (unpaired) electrons. The fourth-order valence-electron chi connectivity index (χ4n) is 7.12. The van der Waals surface area contributed by atoms with Crippen molar-refractivity contribution in [2.45, 2.75) is 0 Å². The van der Waals surface area contributed by atoms with E-state index in [-0.39, 0.29) is 0 Å². The van der Waals surface area contributed by atoms with Crippen LogP contribution in [0.3, 0.4) is 0 Å². The first-order chi connectivity index (χ1) is 27.4. The van der Waals surface area contributed by atoms with Crippen molar-refractivity contribution in [3.63, 3.8) is 0 Å². The fraction of sp³-hybridized carbons (Fsp3) is 0. The third kappa shape index (κ3) is 7.72. The number of aromatic nitrogens is 2. The summed E-state index contributed by atoms with van der Waals surface area (Å²) in [5.41, 5.74) is 9.85. The van der Waals surface area contributed by atoms with Crippen LogP contribution in [0.1, 0.15) is 0 Å². The molecule has 4 nitrogen and oxygen atoms in total. The van der Waals surface area contributed by atoms with E-state index in [0.717, 1.165) is 21.2 Å². The maximum atomic E-state index is 9.24. The molecule has 8 aromatic carbocycles. The van der Waals surface area contributed by atoms with Gasteiger partial charge in [0.15, 0.2) is 0 Å². The molecule has 0 spiro atoms. The second-order valence-corrected chi connectivity index (χ2v) is 16.0. The van der Waals surface area contributed by atoms with Crippen LogP contribution in [-0.4, -0.2) is 26.3 Å². The first-order valence-corrected chi connectivity index (χ1v) is 20.7. The van der Waals surface area contributed by atoms with Crippen molar-refractivity contribution in [1.82, 2.24) is 9.13 Å². The molecule has 0 atom stereocenters. The highest BCUT2D eigenvalue weighted by Crippen LogP contribution is 2.34. The van der Waals surface area contributed by atoms with Gasteiger partial charge in [0, 0.05) is 45.4 Å². The predicted octanol–water partition coefficient (Wildman–Crippen LogP) is 12.7. The number of rotatable bonds is 4. The van der Waals surface area contributed by atoms with Crippen LogP contribution in [0.5, 0.6) is 0 Å². The molecule has 2 heterocycles. The smallest absolute Gasteiger partial charge is 0.423 e. The fourth-order valence-corrected chi connectivity index (χ4v) is 8.31. The number of hydrogen-bond acceptors (Lipinski definition) is 2. The van der Waals surface area contributed by atoms with Gasteiger partial charge in [0.1, 0.15) is 0 Å². The second kappa shape index (κ2) is 17.0. The number of hydrogen-bond donors (Lipinski definition) is 2. The van der Waals surface area contributed by atoms with Crippen molar-refractivity contribution in [1.29, 1.82) is 0 Å². The zero-order valence-corrected chi connectivity index (χ0v) is 35.3. The minimum atomic E-state index is -1.44. The Morgan fingerprint density at radius 2 is 0.750 bits per heavy atom. The van der Waals surface area contributed by atoms with Crippen LogP contribution in [0.4, 0.5) is 0 Å². The predicted molar refractivity (Wildman–Crippen MR) is 251 cm³/mol. The molecule has 0 aliphatic rings. The Balaban J connectivity index is 0.000000133. The lowest BCUT2D eigenvalue weighted by Crippen LogP contribution is -2.29. The average Bonchev–Trinajstić information content (AvgIpc) is 3.76. The highest BCUT2D eigenvalue weighted by atomic mass is 127. The van der Waals surface area contributed by atoms with Gasteiger partial charge in [0.25, 0.3) is 0 Å². The van der Waals surface area contributed by atoms with E-state index in [0.29, 0.717) is 5.46 Å². The molecule has 8 heteroatoms. The quantitative estimate of drug-likeness (QED) is 0.136. The minimum absolute atomic E-state index is 0.490. The van der Waals surface area contributed by atoms with Crippen LogP contribution in [0.2, 0.25) is 0 Å². The van der Waals surface area contributed by atoms with Crippen molar-refractivity contribution >= 4 is 111 Å². The van der Waals surface area contributed by atoms with E-state index >= 15 is 0 Å². The molecule has 0 aliphatic carbocycles. The number of para-hydroxylation sites is 4. The molecule has 0 unspecified atom stereocenters. The maximum Gasteiger partial charge on any atom is 0.488 e. The third-order valence-corrected chi connectivity index (χ3v) is 12.8.